The molecule has 2 heterocycles. The van der Waals surface area contributed by atoms with Crippen molar-refractivity contribution in [1.29, 1.82) is 0 Å². The Balaban J connectivity index is 1.56. The molecule has 0 saturated carbocycles. The maximum atomic E-state index is 14.5. The van der Waals surface area contributed by atoms with Crippen molar-refractivity contribution in [2.24, 2.45) is 0 Å². The minimum absolute atomic E-state index is 0.0120. The van der Waals surface area contributed by atoms with Crippen LogP contribution in [-0.4, -0.2) is 31.2 Å². The summed E-state index contributed by atoms with van der Waals surface area (Å²) < 4.78 is 20.0. The van der Waals surface area contributed by atoms with Gasteiger partial charge in [-0.2, -0.15) is 0 Å². The number of benzene rings is 2. The van der Waals surface area contributed by atoms with Crippen molar-refractivity contribution in [3.63, 3.8) is 0 Å². The quantitative estimate of drug-likeness (QED) is 0.891. The molecule has 0 aromatic heterocycles. The predicted molar refractivity (Wildman–Crippen MR) is 96.9 cm³/mol. The van der Waals surface area contributed by atoms with Gasteiger partial charge in [0, 0.05) is 36.0 Å². The zero-order valence-electron chi connectivity index (χ0n) is 14.0. The largest absolute Gasteiger partial charge is 0.378 e. The molecule has 1 aliphatic carbocycles. The van der Waals surface area contributed by atoms with Gasteiger partial charge in [-0.3, -0.25) is 0 Å². The Hall–Kier alpha value is -2.33. The fourth-order valence-corrected chi connectivity index (χ4v) is 4.46. The molecule has 4 heteroatoms. The van der Waals surface area contributed by atoms with Crippen LogP contribution in [0.5, 0.6) is 0 Å². The fraction of sp³-hybridized carbons (Fsp3) is 0.333. The van der Waals surface area contributed by atoms with Gasteiger partial charge in [-0.1, -0.05) is 30.3 Å². The Morgan fingerprint density at radius 3 is 2.72 bits per heavy atom. The number of nitrogens with zero attached hydrogens (tertiary/aromatic N) is 1. The molecule has 5 rings (SSSR count). The third-order valence-electron chi connectivity index (χ3n) is 5.63. The summed E-state index contributed by atoms with van der Waals surface area (Å²) in [7, 11) is 0. The topological polar surface area (TPSA) is 24.5 Å². The van der Waals surface area contributed by atoms with Crippen LogP contribution in [0.15, 0.2) is 48.2 Å². The number of halogens is 1. The summed E-state index contributed by atoms with van der Waals surface area (Å²) in [6.45, 7) is 3.44. The average molecular weight is 336 g/mol. The molecule has 1 fully saturated rings. The fourth-order valence-electron chi connectivity index (χ4n) is 4.46. The van der Waals surface area contributed by atoms with Crippen molar-refractivity contribution in [3.8, 4) is 0 Å². The van der Waals surface area contributed by atoms with Gasteiger partial charge in [0.1, 0.15) is 5.82 Å². The van der Waals surface area contributed by atoms with Crippen LogP contribution in [-0.2, 0) is 4.74 Å². The maximum absolute atomic E-state index is 14.5. The lowest BCUT2D eigenvalue weighted by Gasteiger charge is -2.35. The van der Waals surface area contributed by atoms with E-state index < -0.39 is 0 Å². The minimum atomic E-state index is -0.128. The number of rotatable bonds is 2. The van der Waals surface area contributed by atoms with E-state index in [0.717, 1.165) is 44.0 Å². The molecule has 3 aliphatic rings. The highest BCUT2D eigenvalue weighted by atomic mass is 19.1. The van der Waals surface area contributed by atoms with Crippen LogP contribution in [0.2, 0.25) is 0 Å². The predicted octanol–water partition coefficient (Wildman–Crippen LogP) is 4.15. The molecular formula is C21H21FN2O. The smallest absolute Gasteiger partial charge is 0.128 e. The number of morpholine rings is 1. The van der Waals surface area contributed by atoms with Gasteiger partial charge in [-0.15, -0.1) is 0 Å². The number of nitrogens with one attached hydrogen (secondary N) is 1. The van der Waals surface area contributed by atoms with E-state index in [0.29, 0.717) is 0 Å². The highest BCUT2D eigenvalue weighted by Gasteiger charge is 2.39. The van der Waals surface area contributed by atoms with Crippen LogP contribution in [0.3, 0.4) is 0 Å². The molecule has 0 spiro atoms. The molecule has 128 valence electrons. The average Bonchev–Trinajstić information content (AvgIpc) is 3.03. The summed E-state index contributed by atoms with van der Waals surface area (Å²) in [6, 6.07) is 13.5. The number of ether oxygens (including phenoxy) is 1. The van der Waals surface area contributed by atoms with Crippen molar-refractivity contribution in [2.45, 2.75) is 18.4 Å². The van der Waals surface area contributed by atoms with Gasteiger partial charge in [-0.25, -0.2) is 4.39 Å². The highest BCUT2D eigenvalue weighted by Crippen LogP contribution is 2.52. The standard InChI is InChI=1S/C21H21FN2O/c22-18-6-2-1-5-16(18)21-17-13-15(24-8-10-25-11-9-24)12-14-4-3-7-19(23-21)20(14)17/h1-7,12,17,21,23H,8-11,13H2. The molecule has 3 nitrogen and oxygen atoms in total. The van der Waals surface area contributed by atoms with E-state index in [-0.39, 0.29) is 17.8 Å². The number of hydrogen-bond donors (Lipinski definition) is 1. The number of hydrogen-bond acceptors (Lipinski definition) is 3. The Kier molecular flexibility index (Phi) is 3.52. The lowest BCUT2D eigenvalue weighted by atomic mass is 9.80. The summed E-state index contributed by atoms with van der Waals surface area (Å²) in [6.07, 6.45) is 3.25. The second-order valence-electron chi connectivity index (χ2n) is 7.00. The van der Waals surface area contributed by atoms with Crippen LogP contribution >= 0.6 is 0 Å². The van der Waals surface area contributed by atoms with E-state index in [1.807, 2.05) is 12.1 Å². The Morgan fingerprint density at radius 1 is 1.04 bits per heavy atom. The van der Waals surface area contributed by atoms with E-state index in [4.69, 9.17) is 4.74 Å². The van der Waals surface area contributed by atoms with Gasteiger partial charge in [0.15, 0.2) is 0 Å². The number of anilines is 1. The van der Waals surface area contributed by atoms with Gasteiger partial charge in [-0.05, 0) is 35.8 Å². The zero-order valence-corrected chi connectivity index (χ0v) is 14.0. The van der Waals surface area contributed by atoms with E-state index in [1.165, 1.54) is 16.8 Å². The van der Waals surface area contributed by atoms with Crippen LogP contribution < -0.4 is 5.32 Å². The van der Waals surface area contributed by atoms with Gasteiger partial charge in [0.2, 0.25) is 0 Å². The monoisotopic (exact) mass is 336 g/mol. The van der Waals surface area contributed by atoms with Crippen LogP contribution in [0.1, 0.15) is 35.1 Å². The van der Waals surface area contributed by atoms with Crippen LogP contribution in [0.25, 0.3) is 6.08 Å². The maximum Gasteiger partial charge on any atom is 0.128 e. The van der Waals surface area contributed by atoms with Crippen molar-refractivity contribution >= 4 is 11.8 Å². The summed E-state index contributed by atoms with van der Waals surface area (Å²) in [5.74, 6) is 0.141. The molecule has 2 aromatic rings. The first kappa shape index (κ1) is 15.0. The van der Waals surface area contributed by atoms with Gasteiger partial charge >= 0.3 is 0 Å². The van der Waals surface area contributed by atoms with E-state index >= 15 is 0 Å². The molecule has 0 bridgehead atoms. The Bertz CT molecular complexity index is 842. The molecule has 1 saturated heterocycles. The molecule has 0 amide bonds. The van der Waals surface area contributed by atoms with Crippen molar-refractivity contribution in [2.75, 3.05) is 31.6 Å². The lowest BCUT2D eigenvalue weighted by Crippen LogP contribution is -2.36. The second-order valence-corrected chi connectivity index (χ2v) is 7.00. The first-order chi connectivity index (χ1) is 12.3. The van der Waals surface area contributed by atoms with Crippen molar-refractivity contribution in [1.82, 2.24) is 4.90 Å². The minimum Gasteiger partial charge on any atom is -0.378 e. The molecule has 25 heavy (non-hydrogen) atoms. The lowest BCUT2D eigenvalue weighted by molar-refractivity contribution is 0.0519. The first-order valence-electron chi connectivity index (χ1n) is 8.98. The molecule has 1 N–H and O–H groups in total. The van der Waals surface area contributed by atoms with Gasteiger partial charge < -0.3 is 15.0 Å². The summed E-state index contributed by atoms with van der Waals surface area (Å²) in [5.41, 5.74) is 5.86. The Labute approximate surface area is 147 Å². The molecule has 2 aliphatic heterocycles. The molecule has 2 aromatic carbocycles. The van der Waals surface area contributed by atoms with E-state index in [9.17, 15) is 4.39 Å². The van der Waals surface area contributed by atoms with Crippen LogP contribution in [0, 0.1) is 5.82 Å². The third kappa shape index (κ3) is 2.44. The Morgan fingerprint density at radius 2 is 1.88 bits per heavy atom. The van der Waals surface area contributed by atoms with Crippen LogP contribution in [0.4, 0.5) is 10.1 Å². The third-order valence-corrected chi connectivity index (χ3v) is 5.63. The molecule has 2 atom stereocenters. The normalized spacial score (nSPS) is 24.5. The summed E-state index contributed by atoms with van der Waals surface area (Å²) in [5, 5.41) is 3.58. The van der Waals surface area contributed by atoms with E-state index in [1.54, 1.807) is 12.1 Å². The van der Waals surface area contributed by atoms with Gasteiger partial charge in [0.25, 0.3) is 0 Å². The van der Waals surface area contributed by atoms with Gasteiger partial charge in [0.05, 0.1) is 19.3 Å². The zero-order chi connectivity index (χ0) is 16.8. The second kappa shape index (κ2) is 5.88. The molecule has 2 unspecified atom stereocenters. The molecular weight excluding hydrogens is 315 g/mol. The highest BCUT2D eigenvalue weighted by molar-refractivity contribution is 5.73. The number of allylic oxidation sites excluding steroid dienone is 1. The van der Waals surface area contributed by atoms with Crippen molar-refractivity contribution in [3.05, 3.63) is 70.7 Å². The van der Waals surface area contributed by atoms with E-state index in [2.05, 4.69) is 34.5 Å². The van der Waals surface area contributed by atoms with Crippen molar-refractivity contribution < 1.29 is 9.13 Å². The SMILES string of the molecule is Fc1ccccc1C1Nc2cccc3c2C1CC(N1CCOCC1)=C3. The summed E-state index contributed by atoms with van der Waals surface area (Å²) >= 11 is 0. The first-order valence-corrected chi connectivity index (χ1v) is 8.98. The summed E-state index contributed by atoms with van der Waals surface area (Å²) in [4.78, 5) is 2.43. The molecule has 0 radical (unpaired) electrons.